The van der Waals surface area contributed by atoms with Gasteiger partial charge in [0, 0.05) is 12.6 Å². The number of rotatable bonds is 5. The Morgan fingerprint density at radius 3 is 2.62 bits per heavy atom. The van der Waals surface area contributed by atoms with E-state index in [9.17, 15) is 4.79 Å². The second-order valence-electron chi connectivity index (χ2n) is 5.10. The average molecular weight is 227 g/mol. The number of amides is 1. The van der Waals surface area contributed by atoms with Gasteiger partial charge in [0.2, 0.25) is 5.91 Å². The summed E-state index contributed by atoms with van der Waals surface area (Å²) in [4.78, 5) is 16.2. The summed E-state index contributed by atoms with van der Waals surface area (Å²) < 4.78 is 0. The molecule has 1 heterocycles. The van der Waals surface area contributed by atoms with Crippen LogP contribution in [0.2, 0.25) is 0 Å². The summed E-state index contributed by atoms with van der Waals surface area (Å²) in [5.74, 6) is 0.690. The van der Waals surface area contributed by atoms with Crippen molar-refractivity contribution in [3.05, 3.63) is 0 Å². The Morgan fingerprint density at radius 1 is 1.50 bits per heavy atom. The maximum atomic E-state index is 12.1. The van der Waals surface area contributed by atoms with Crippen molar-refractivity contribution in [3.8, 4) is 0 Å². The third-order valence-electron chi connectivity index (χ3n) is 3.66. The lowest BCUT2D eigenvalue weighted by atomic mass is 9.99. The molecule has 1 amide bonds. The van der Waals surface area contributed by atoms with E-state index in [1.807, 2.05) is 19.0 Å². The highest BCUT2D eigenvalue weighted by molar-refractivity contribution is 5.84. The van der Waals surface area contributed by atoms with Crippen LogP contribution in [0.3, 0.4) is 0 Å². The minimum absolute atomic E-state index is 0.0272. The van der Waals surface area contributed by atoms with Crippen molar-refractivity contribution in [2.45, 2.75) is 39.3 Å². The molecule has 4 nitrogen and oxygen atoms in total. The van der Waals surface area contributed by atoms with Crippen molar-refractivity contribution in [2.24, 2.45) is 5.92 Å². The summed E-state index contributed by atoms with van der Waals surface area (Å²) in [5.41, 5.74) is 0. The summed E-state index contributed by atoms with van der Waals surface area (Å²) in [7, 11) is 4.09. The quantitative estimate of drug-likeness (QED) is 0.752. The number of nitrogens with zero attached hydrogens (tertiary/aromatic N) is 2. The van der Waals surface area contributed by atoms with Gasteiger partial charge in [0.1, 0.15) is 0 Å². The Bertz CT molecular complexity index is 242. The summed E-state index contributed by atoms with van der Waals surface area (Å²) >= 11 is 0. The number of hydrogen-bond donors (Lipinski definition) is 1. The Morgan fingerprint density at radius 2 is 2.12 bits per heavy atom. The number of carbonyl (C=O) groups excluding carboxylic acids is 1. The molecule has 1 aliphatic heterocycles. The van der Waals surface area contributed by atoms with Gasteiger partial charge >= 0.3 is 0 Å². The predicted octanol–water partition coefficient (Wildman–Crippen LogP) is 0.741. The summed E-state index contributed by atoms with van der Waals surface area (Å²) in [6.45, 7) is 7.92. The summed E-state index contributed by atoms with van der Waals surface area (Å²) in [5, 5.41) is 3.31. The molecule has 0 aromatic heterocycles. The van der Waals surface area contributed by atoms with E-state index in [0.717, 1.165) is 13.0 Å². The molecule has 0 radical (unpaired) electrons. The Labute approximate surface area is 99.0 Å². The van der Waals surface area contributed by atoms with Crippen LogP contribution >= 0.6 is 0 Å². The van der Waals surface area contributed by atoms with Gasteiger partial charge < -0.3 is 9.80 Å². The molecule has 16 heavy (non-hydrogen) atoms. The SMILES string of the molecule is CCC(C)C1NCN(CC(C)N(C)C)C1=O. The number of nitrogens with one attached hydrogen (secondary N) is 1. The zero-order valence-electron chi connectivity index (χ0n) is 11.2. The lowest BCUT2D eigenvalue weighted by Crippen LogP contribution is -2.41. The highest BCUT2D eigenvalue weighted by Gasteiger charge is 2.34. The molecule has 1 aliphatic rings. The van der Waals surface area contributed by atoms with E-state index < -0.39 is 0 Å². The van der Waals surface area contributed by atoms with Gasteiger partial charge in [-0.05, 0) is 26.9 Å². The fourth-order valence-corrected chi connectivity index (χ4v) is 1.89. The summed E-state index contributed by atoms with van der Waals surface area (Å²) in [6, 6.07) is 0.431. The van der Waals surface area contributed by atoms with E-state index in [2.05, 4.69) is 31.0 Å². The molecule has 3 atom stereocenters. The third kappa shape index (κ3) is 2.95. The van der Waals surface area contributed by atoms with Crippen LogP contribution in [0, 0.1) is 5.92 Å². The molecular formula is C12H25N3O. The first-order valence-electron chi connectivity index (χ1n) is 6.16. The molecule has 1 saturated heterocycles. The molecule has 94 valence electrons. The van der Waals surface area contributed by atoms with Crippen LogP contribution in [0.25, 0.3) is 0 Å². The van der Waals surface area contributed by atoms with Crippen molar-refractivity contribution in [1.82, 2.24) is 15.1 Å². The van der Waals surface area contributed by atoms with E-state index in [1.165, 1.54) is 0 Å². The first kappa shape index (κ1) is 13.5. The second kappa shape index (κ2) is 5.64. The van der Waals surface area contributed by atoms with Crippen LogP contribution in [0.1, 0.15) is 27.2 Å². The molecule has 3 unspecified atom stereocenters. The smallest absolute Gasteiger partial charge is 0.241 e. The van der Waals surface area contributed by atoms with Crippen LogP contribution in [0.5, 0.6) is 0 Å². The van der Waals surface area contributed by atoms with Gasteiger partial charge in [0.15, 0.2) is 0 Å². The highest BCUT2D eigenvalue weighted by atomic mass is 16.2. The minimum Gasteiger partial charge on any atom is -0.327 e. The average Bonchev–Trinajstić information content (AvgIpc) is 2.59. The first-order chi connectivity index (χ1) is 7.47. The van der Waals surface area contributed by atoms with E-state index in [1.54, 1.807) is 0 Å². The molecule has 0 spiro atoms. The van der Waals surface area contributed by atoms with Crippen molar-refractivity contribution in [2.75, 3.05) is 27.3 Å². The van der Waals surface area contributed by atoms with Crippen LogP contribution < -0.4 is 5.32 Å². The molecule has 4 heteroatoms. The molecule has 0 aromatic rings. The van der Waals surface area contributed by atoms with Crippen LogP contribution in [0.4, 0.5) is 0 Å². The molecule has 0 aliphatic carbocycles. The summed E-state index contributed by atoms with van der Waals surface area (Å²) in [6.07, 6.45) is 1.04. The van der Waals surface area contributed by atoms with Crippen molar-refractivity contribution < 1.29 is 4.79 Å². The highest BCUT2D eigenvalue weighted by Crippen LogP contribution is 2.15. The zero-order chi connectivity index (χ0) is 12.3. The Kier molecular flexibility index (Phi) is 4.74. The fourth-order valence-electron chi connectivity index (χ4n) is 1.89. The van der Waals surface area contributed by atoms with E-state index in [0.29, 0.717) is 18.6 Å². The molecule has 1 rings (SSSR count). The van der Waals surface area contributed by atoms with Gasteiger partial charge in [-0.15, -0.1) is 0 Å². The monoisotopic (exact) mass is 227 g/mol. The molecule has 1 fully saturated rings. The van der Waals surface area contributed by atoms with Gasteiger partial charge in [-0.1, -0.05) is 20.3 Å². The van der Waals surface area contributed by atoms with Crippen LogP contribution in [-0.2, 0) is 4.79 Å². The standard InChI is InChI=1S/C12H25N3O/c1-6-9(2)11-12(16)15(8-13-11)7-10(3)14(4)5/h9-11,13H,6-8H2,1-5H3. The lowest BCUT2D eigenvalue weighted by Gasteiger charge is -2.25. The second-order valence-corrected chi connectivity index (χ2v) is 5.10. The van der Waals surface area contributed by atoms with Gasteiger partial charge in [-0.3, -0.25) is 10.1 Å². The number of carbonyl (C=O) groups is 1. The Hall–Kier alpha value is -0.610. The number of likely N-dealkylation sites (N-methyl/N-ethyl adjacent to an activating group) is 1. The largest absolute Gasteiger partial charge is 0.327 e. The van der Waals surface area contributed by atoms with Gasteiger partial charge in [0.25, 0.3) is 0 Å². The fraction of sp³-hybridized carbons (Fsp3) is 0.917. The normalized spacial score (nSPS) is 25.2. The van der Waals surface area contributed by atoms with Crippen molar-refractivity contribution >= 4 is 5.91 Å². The first-order valence-corrected chi connectivity index (χ1v) is 6.16. The predicted molar refractivity (Wildman–Crippen MR) is 66.1 cm³/mol. The van der Waals surface area contributed by atoms with Gasteiger partial charge in [-0.2, -0.15) is 0 Å². The maximum absolute atomic E-state index is 12.1. The molecule has 0 saturated carbocycles. The van der Waals surface area contributed by atoms with E-state index in [-0.39, 0.29) is 11.9 Å². The van der Waals surface area contributed by atoms with Gasteiger partial charge in [-0.25, -0.2) is 0 Å². The Balaban J connectivity index is 2.51. The molecule has 0 bridgehead atoms. The van der Waals surface area contributed by atoms with Crippen LogP contribution in [0.15, 0.2) is 0 Å². The molecular weight excluding hydrogens is 202 g/mol. The van der Waals surface area contributed by atoms with Crippen molar-refractivity contribution in [3.63, 3.8) is 0 Å². The lowest BCUT2D eigenvalue weighted by molar-refractivity contribution is -0.130. The third-order valence-corrected chi connectivity index (χ3v) is 3.66. The minimum atomic E-state index is 0.0272. The van der Waals surface area contributed by atoms with Crippen molar-refractivity contribution in [1.29, 1.82) is 0 Å². The molecule has 0 aromatic carbocycles. The maximum Gasteiger partial charge on any atom is 0.241 e. The number of hydrogen-bond acceptors (Lipinski definition) is 3. The van der Waals surface area contributed by atoms with Gasteiger partial charge in [0.05, 0.1) is 12.7 Å². The van der Waals surface area contributed by atoms with Crippen LogP contribution in [-0.4, -0.2) is 55.1 Å². The van der Waals surface area contributed by atoms with E-state index in [4.69, 9.17) is 0 Å². The molecule has 1 N–H and O–H groups in total. The van der Waals surface area contributed by atoms with E-state index >= 15 is 0 Å². The zero-order valence-corrected chi connectivity index (χ0v) is 11.2. The topological polar surface area (TPSA) is 35.6 Å².